The largest absolute Gasteiger partial charge is 0.373 e. The number of hydrogen-bond donors (Lipinski definition) is 0. The normalized spacial score (nSPS) is 41.2. The Morgan fingerprint density at radius 1 is 1.00 bits per heavy atom. The summed E-state index contributed by atoms with van der Waals surface area (Å²) >= 11 is 0. The van der Waals surface area contributed by atoms with E-state index < -0.39 is 0 Å². The minimum absolute atomic E-state index is 0.0667. The van der Waals surface area contributed by atoms with Gasteiger partial charge in [-0.2, -0.15) is 0 Å². The molecule has 20 heavy (non-hydrogen) atoms. The molecular weight excluding hydrogens is 248 g/mol. The van der Waals surface area contributed by atoms with E-state index in [1.807, 2.05) is 0 Å². The van der Waals surface area contributed by atoms with Gasteiger partial charge in [0, 0.05) is 6.42 Å². The molecule has 1 spiro atoms. The number of ketones is 1. The lowest BCUT2D eigenvalue weighted by Gasteiger charge is -2.49. The third-order valence-electron chi connectivity index (χ3n) is 6.45. The van der Waals surface area contributed by atoms with E-state index in [-0.39, 0.29) is 11.5 Å². The van der Waals surface area contributed by atoms with Gasteiger partial charge in [0.1, 0.15) is 5.78 Å². The molecule has 3 rings (SSSR count). The molecule has 3 aliphatic carbocycles. The van der Waals surface area contributed by atoms with Crippen LogP contribution in [0.5, 0.6) is 0 Å². The van der Waals surface area contributed by atoms with Crippen molar-refractivity contribution >= 4 is 5.78 Å². The fourth-order valence-electron chi connectivity index (χ4n) is 4.61. The van der Waals surface area contributed by atoms with Crippen LogP contribution in [0.1, 0.15) is 78.1 Å². The maximum absolute atomic E-state index is 12.2. The standard InChI is InChI=1S/C18H30O2/c1-13-7-8-15(11-14(13)2)20-17-12-16(19)18(17)9-5-3-4-6-10-18/h13-15,17H,3-12H2,1-2H3. The monoisotopic (exact) mass is 278 g/mol. The van der Waals surface area contributed by atoms with Crippen molar-refractivity contribution < 1.29 is 9.53 Å². The van der Waals surface area contributed by atoms with Crippen LogP contribution >= 0.6 is 0 Å². The number of Topliss-reactive ketones (excluding diaryl/α,β-unsaturated/α-hetero) is 1. The molecule has 0 aliphatic heterocycles. The second-order valence-electron chi connectivity index (χ2n) is 7.71. The lowest BCUT2D eigenvalue weighted by molar-refractivity contribution is -0.179. The van der Waals surface area contributed by atoms with Crippen molar-refractivity contribution in [2.24, 2.45) is 17.3 Å². The molecule has 0 aromatic heterocycles. The van der Waals surface area contributed by atoms with Gasteiger partial charge in [-0.25, -0.2) is 0 Å². The molecule has 4 unspecified atom stereocenters. The van der Waals surface area contributed by atoms with Crippen LogP contribution in [0, 0.1) is 17.3 Å². The van der Waals surface area contributed by atoms with Crippen LogP contribution in [0.4, 0.5) is 0 Å². The average Bonchev–Trinajstić information content (AvgIpc) is 2.70. The molecule has 0 aromatic carbocycles. The van der Waals surface area contributed by atoms with Crippen molar-refractivity contribution in [3.8, 4) is 0 Å². The predicted molar refractivity (Wildman–Crippen MR) is 80.6 cm³/mol. The fourth-order valence-corrected chi connectivity index (χ4v) is 4.61. The number of ether oxygens (including phenoxy) is 1. The van der Waals surface area contributed by atoms with Crippen LogP contribution in [0.2, 0.25) is 0 Å². The van der Waals surface area contributed by atoms with Crippen LogP contribution in [0.3, 0.4) is 0 Å². The number of carbonyl (C=O) groups excluding carboxylic acids is 1. The van der Waals surface area contributed by atoms with E-state index in [0.29, 0.717) is 18.3 Å². The predicted octanol–water partition coefficient (Wildman–Crippen LogP) is 4.51. The van der Waals surface area contributed by atoms with E-state index in [9.17, 15) is 4.79 Å². The summed E-state index contributed by atoms with van der Waals surface area (Å²) in [6.45, 7) is 4.72. The maximum atomic E-state index is 12.2. The van der Waals surface area contributed by atoms with Crippen LogP contribution in [-0.2, 0) is 9.53 Å². The molecule has 0 aromatic rings. The SMILES string of the molecule is CC1CCC(OC2CC(=O)C23CCCCCC3)CC1C. The van der Waals surface area contributed by atoms with Crippen LogP contribution in [-0.4, -0.2) is 18.0 Å². The van der Waals surface area contributed by atoms with E-state index in [4.69, 9.17) is 4.74 Å². The third kappa shape index (κ3) is 2.56. The number of rotatable bonds is 2. The van der Waals surface area contributed by atoms with Gasteiger partial charge >= 0.3 is 0 Å². The molecule has 3 fully saturated rings. The summed E-state index contributed by atoms with van der Waals surface area (Å²) < 4.78 is 6.44. The topological polar surface area (TPSA) is 26.3 Å². The summed E-state index contributed by atoms with van der Waals surface area (Å²) in [6, 6.07) is 0. The highest BCUT2D eigenvalue weighted by molar-refractivity contribution is 5.92. The van der Waals surface area contributed by atoms with Gasteiger partial charge in [0.05, 0.1) is 17.6 Å². The van der Waals surface area contributed by atoms with Gasteiger partial charge in [-0.05, 0) is 43.9 Å². The Balaban J connectivity index is 1.61. The van der Waals surface area contributed by atoms with Gasteiger partial charge in [-0.15, -0.1) is 0 Å². The maximum Gasteiger partial charge on any atom is 0.144 e. The zero-order valence-electron chi connectivity index (χ0n) is 13.2. The van der Waals surface area contributed by atoms with E-state index in [1.165, 1.54) is 44.9 Å². The van der Waals surface area contributed by atoms with Gasteiger partial charge in [0.15, 0.2) is 0 Å². The summed E-state index contributed by atoms with van der Waals surface area (Å²) in [5, 5.41) is 0. The number of hydrogen-bond acceptors (Lipinski definition) is 2. The molecule has 2 nitrogen and oxygen atoms in total. The zero-order valence-corrected chi connectivity index (χ0v) is 13.2. The summed E-state index contributed by atoms with van der Waals surface area (Å²) in [5.74, 6) is 2.11. The molecule has 0 saturated heterocycles. The number of carbonyl (C=O) groups is 1. The minimum atomic E-state index is -0.0667. The smallest absolute Gasteiger partial charge is 0.144 e. The summed E-state index contributed by atoms with van der Waals surface area (Å²) in [5.41, 5.74) is -0.0667. The van der Waals surface area contributed by atoms with Crippen LogP contribution < -0.4 is 0 Å². The second kappa shape index (κ2) is 5.79. The van der Waals surface area contributed by atoms with Gasteiger partial charge in [0.2, 0.25) is 0 Å². The van der Waals surface area contributed by atoms with Crippen molar-refractivity contribution in [2.45, 2.75) is 90.3 Å². The van der Waals surface area contributed by atoms with E-state index in [1.54, 1.807) is 0 Å². The van der Waals surface area contributed by atoms with E-state index >= 15 is 0 Å². The Kier molecular flexibility index (Phi) is 4.21. The lowest BCUT2D eigenvalue weighted by Crippen LogP contribution is -2.56. The summed E-state index contributed by atoms with van der Waals surface area (Å²) in [4.78, 5) is 12.2. The van der Waals surface area contributed by atoms with Crippen LogP contribution in [0.15, 0.2) is 0 Å². The second-order valence-corrected chi connectivity index (χ2v) is 7.71. The first kappa shape index (κ1) is 14.6. The zero-order chi connectivity index (χ0) is 14.2. The average molecular weight is 278 g/mol. The molecule has 0 heterocycles. The highest BCUT2D eigenvalue weighted by Crippen LogP contribution is 2.50. The van der Waals surface area contributed by atoms with Crippen molar-refractivity contribution in [3.05, 3.63) is 0 Å². The van der Waals surface area contributed by atoms with E-state index in [0.717, 1.165) is 24.7 Å². The highest BCUT2D eigenvalue weighted by Gasteiger charge is 2.55. The molecule has 0 N–H and O–H groups in total. The summed E-state index contributed by atoms with van der Waals surface area (Å²) in [7, 11) is 0. The van der Waals surface area contributed by atoms with Crippen LogP contribution in [0.25, 0.3) is 0 Å². The molecule has 0 amide bonds. The quantitative estimate of drug-likeness (QED) is 0.743. The molecule has 4 atom stereocenters. The summed E-state index contributed by atoms with van der Waals surface area (Å²) in [6.07, 6.45) is 12.3. The van der Waals surface area contributed by atoms with Crippen molar-refractivity contribution in [2.75, 3.05) is 0 Å². The molecule has 0 radical (unpaired) electrons. The first-order valence-electron chi connectivity index (χ1n) is 8.80. The van der Waals surface area contributed by atoms with Gasteiger partial charge in [-0.1, -0.05) is 39.5 Å². The molecule has 0 bridgehead atoms. The molecule has 114 valence electrons. The molecular formula is C18H30O2. The van der Waals surface area contributed by atoms with Gasteiger partial charge < -0.3 is 4.74 Å². The minimum Gasteiger partial charge on any atom is -0.373 e. The van der Waals surface area contributed by atoms with Gasteiger partial charge in [0.25, 0.3) is 0 Å². The molecule has 3 aliphatic rings. The Bertz CT molecular complexity index is 354. The third-order valence-corrected chi connectivity index (χ3v) is 6.45. The van der Waals surface area contributed by atoms with Gasteiger partial charge in [-0.3, -0.25) is 4.79 Å². The Morgan fingerprint density at radius 2 is 1.70 bits per heavy atom. The first-order chi connectivity index (χ1) is 9.62. The highest BCUT2D eigenvalue weighted by atomic mass is 16.5. The lowest BCUT2D eigenvalue weighted by atomic mass is 9.60. The first-order valence-corrected chi connectivity index (χ1v) is 8.80. The Labute approximate surface area is 123 Å². The van der Waals surface area contributed by atoms with Crippen molar-refractivity contribution in [1.82, 2.24) is 0 Å². The Morgan fingerprint density at radius 3 is 2.30 bits per heavy atom. The Hall–Kier alpha value is -0.370. The fraction of sp³-hybridized carbons (Fsp3) is 0.944. The van der Waals surface area contributed by atoms with Crippen molar-refractivity contribution in [3.63, 3.8) is 0 Å². The molecule has 3 saturated carbocycles. The van der Waals surface area contributed by atoms with Crippen molar-refractivity contribution in [1.29, 1.82) is 0 Å². The van der Waals surface area contributed by atoms with E-state index in [2.05, 4.69) is 13.8 Å². The molecule has 2 heteroatoms.